The molecule has 1 aromatic rings. The highest BCUT2D eigenvalue weighted by molar-refractivity contribution is 5.91. The maximum Gasteiger partial charge on any atom is 0.243 e. The molecule has 0 bridgehead atoms. The topological polar surface area (TPSA) is 164 Å². The number of amides is 1. The zero-order chi connectivity index (χ0) is 20.2. The second-order valence-corrected chi connectivity index (χ2v) is 5.23. The third-order valence-electron chi connectivity index (χ3n) is 3.25. The summed E-state index contributed by atoms with van der Waals surface area (Å²) in [6.07, 6.45) is 2.54. The van der Waals surface area contributed by atoms with Crippen LogP contribution in [0.4, 0.5) is 0 Å². The molecule has 0 aromatic heterocycles. The number of hydrogen-bond donors (Lipinski definition) is 6. The van der Waals surface area contributed by atoms with Crippen LogP contribution < -0.4 is 10.1 Å². The Bertz CT molecular complexity index is 610. The van der Waals surface area contributed by atoms with E-state index in [-0.39, 0.29) is 37.0 Å². The lowest BCUT2D eigenvalue weighted by molar-refractivity contribution is -0.527. The molecule has 1 amide bonds. The lowest BCUT2D eigenvalue weighted by Crippen LogP contribution is -2.32. The smallest absolute Gasteiger partial charge is 0.243 e. The molecule has 0 radical (unpaired) electrons. The monoisotopic (exact) mass is 389 g/mol. The molecule has 1 unspecified atom stereocenters. The molecule has 12 nitrogen and oxygen atoms in total. The number of phenols is 1. The minimum absolute atomic E-state index is 0.00491. The van der Waals surface area contributed by atoms with E-state index in [1.165, 1.54) is 19.3 Å². The van der Waals surface area contributed by atoms with Crippen LogP contribution in [0.1, 0.15) is 18.4 Å². The lowest BCUT2D eigenvalue weighted by atomic mass is 10.2. The zero-order valence-corrected chi connectivity index (χ0v) is 14.6. The number of aromatic hydroxyl groups is 1. The summed E-state index contributed by atoms with van der Waals surface area (Å²) in [4.78, 5) is 20.7. The summed E-state index contributed by atoms with van der Waals surface area (Å²) in [5.74, 6) is -0.0785. The molecule has 6 N–H and O–H groups in total. The zero-order valence-electron chi connectivity index (χ0n) is 14.6. The average Bonchev–Trinajstić information content (AvgIpc) is 2.61. The fourth-order valence-electron chi connectivity index (χ4n) is 2.02. The number of benzene rings is 1. The van der Waals surface area contributed by atoms with E-state index in [1.54, 1.807) is 18.2 Å². The van der Waals surface area contributed by atoms with Gasteiger partial charge in [-0.2, -0.15) is 0 Å². The van der Waals surface area contributed by atoms with Crippen molar-refractivity contribution in [3.8, 4) is 11.5 Å². The van der Waals surface area contributed by atoms with Gasteiger partial charge in [-0.05, 0) is 36.6 Å². The first-order valence-corrected chi connectivity index (χ1v) is 7.80. The van der Waals surface area contributed by atoms with Crippen LogP contribution in [-0.2, 0) is 14.5 Å². The van der Waals surface area contributed by atoms with Gasteiger partial charge in [-0.25, -0.2) is 9.68 Å². The molecular formula is C15H23N3O9. The maximum absolute atomic E-state index is 11.8. The summed E-state index contributed by atoms with van der Waals surface area (Å²) in [5.41, 5.74) is 0.661. The van der Waals surface area contributed by atoms with Crippen molar-refractivity contribution >= 4 is 12.0 Å². The van der Waals surface area contributed by atoms with Crippen LogP contribution in [0.25, 0.3) is 6.08 Å². The Morgan fingerprint density at radius 1 is 1.26 bits per heavy atom. The molecule has 1 rings (SSSR count). The Labute approximate surface area is 154 Å². The Hall–Kier alpha value is -2.29. The molecule has 12 heteroatoms. The molecule has 0 heterocycles. The summed E-state index contributed by atoms with van der Waals surface area (Å²) in [5, 5.41) is 45.3. The van der Waals surface area contributed by atoms with Gasteiger partial charge in [0.25, 0.3) is 0 Å². The Balaban J connectivity index is 2.38. The molecule has 27 heavy (non-hydrogen) atoms. The van der Waals surface area contributed by atoms with Crippen LogP contribution in [-0.4, -0.2) is 69.0 Å². The molecule has 0 saturated heterocycles. The van der Waals surface area contributed by atoms with Gasteiger partial charge >= 0.3 is 0 Å². The van der Waals surface area contributed by atoms with Gasteiger partial charge in [0, 0.05) is 12.6 Å². The van der Waals surface area contributed by atoms with Crippen molar-refractivity contribution in [2.45, 2.75) is 18.9 Å². The number of nitrogens with zero attached hydrogens (tertiary/aromatic N) is 2. The molecule has 1 atom stereocenters. The lowest BCUT2D eigenvalue weighted by Gasteiger charge is -2.18. The normalized spacial score (nSPS) is 12.7. The van der Waals surface area contributed by atoms with Gasteiger partial charge in [0.05, 0.1) is 17.9 Å². The SMILES string of the molecule is COc1cc(/C=C/C(=O)NCCCC(CON(O)O)ON(O)O)ccc1O. The van der Waals surface area contributed by atoms with Crippen molar-refractivity contribution in [2.24, 2.45) is 0 Å². The van der Waals surface area contributed by atoms with Crippen molar-refractivity contribution < 1.29 is 45.1 Å². The first-order valence-electron chi connectivity index (χ1n) is 7.80. The highest BCUT2D eigenvalue weighted by atomic mass is 17.1. The molecule has 1 aromatic carbocycles. The largest absolute Gasteiger partial charge is 0.504 e. The van der Waals surface area contributed by atoms with E-state index in [4.69, 9.17) is 25.6 Å². The van der Waals surface area contributed by atoms with Crippen LogP contribution in [0, 0.1) is 0 Å². The number of nitrogens with one attached hydrogen (secondary N) is 1. The molecule has 0 aliphatic carbocycles. The fourth-order valence-corrected chi connectivity index (χ4v) is 2.02. The second kappa shape index (κ2) is 12.2. The molecular weight excluding hydrogens is 366 g/mol. The maximum atomic E-state index is 11.8. The fraction of sp³-hybridized carbons (Fsp3) is 0.400. The summed E-state index contributed by atoms with van der Waals surface area (Å²) in [6, 6.07) is 4.64. The number of carbonyl (C=O) groups is 1. The van der Waals surface area contributed by atoms with Gasteiger partial charge in [0.15, 0.2) is 11.5 Å². The number of ether oxygens (including phenoxy) is 1. The first kappa shape index (κ1) is 22.8. The first-order chi connectivity index (χ1) is 12.8. The van der Waals surface area contributed by atoms with Crippen molar-refractivity contribution in [1.82, 2.24) is 16.1 Å². The summed E-state index contributed by atoms with van der Waals surface area (Å²) >= 11 is 0. The third-order valence-corrected chi connectivity index (χ3v) is 3.25. The molecule has 152 valence electrons. The van der Waals surface area contributed by atoms with Gasteiger partial charge in [-0.15, -0.1) is 0 Å². The number of carbonyl (C=O) groups excluding carboxylic acids is 1. The molecule has 0 spiro atoms. The van der Waals surface area contributed by atoms with E-state index < -0.39 is 16.9 Å². The summed E-state index contributed by atoms with van der Waals surface area (Å²) in [7, 11) is 1.42. The van der Waals surface area contributed by atoms with E-state index in [9.17, 15) is 9.90 Å². The van der Waals surface area contributed by atoms with E-state index in [1.807, 2.05) is 0 Å². The number of hydrogen-bond acceptors (Lipinski definition) is 11. The van der Waals surface area contributed by atoms with Gasteiger partial charge in [-0.3, -0.25) is 25.6 Å². The third kappa shape index (κ3) is 9.83. The van der Waals surface area contributed by atoms with Gasteiger partial charge in [0.2, 0.25) is 5.91 Å². The van der Waals surface area contributed by atoms with Gasteiger partial charge in [-0.1, -0.05) is 6.07 Å². The number of methoxy groups -OCH3 is 1. The van der Waals surface area contributed by atoms with Crippen LogP contribution in [0.5, 0.6) is 11.5 Å². The van der Waals surface area contributed by atoms with Crippen molar-refractivity contribution in [1.29, 1.82) is 0 Å². The predicted molar refractivity (Wildman–Crippen MR) is 87.6 cm³/mol. The number of phenolic OH excluding ortho intramolecular Hbond substituents is 1. The molecule has 0 aliphatic heterocycles. The Morgan fingerprint density at radius 2 is 2.00 bits per heavy atom. The highest BCUT2D eigenvalue weighted by Gasteiger charge is 2.15. The van der Waals surface area contributed by atoms with Gasteiger partial charge in [0.1, 0.15) is 12.7 Å². The standard InChI is InChI=1S/C15H23N3O9/c1-25-14-9-11(4-6-13(14)19)5-7-15(20)16-8-2-3-12(27-18(23)24)10-26-17(21)22/h4-7,9,12,19,21-24H,2-3,8,10H2,1H3,(H,16,20)/b7-5+. The minimum Gasteiger partial charge on any atom is -0.504 e. The van der Waals surface area contributed by atoms with E-state index in [0.717, 1.165) is 0 Å². The summed E-state index contributed by atoms with van der Waals surface area (Å²) in [6.45, 7) is -0.123. The van der Waals surface area contributed by atoms with Crippen molar-refractivity contribution in [2.75, 3.05) is 20.3 Å². The van der Waals surface area contributed by atoms with E-state index in [2.05, 4.69) is 15.0 Å². The molecule has 0 aliphatic rings. The van der Waals surface area contributed by atoms with Crippen LogP contribution >= 0.6 is 0 Å². The van der Waals surface area contributed by atoms with Crippen molar-refractivity contribution in [3.63, 3.8) is 0 Å². The Kier molecular flexibility index (Phi) is 10.2. The predicted octanol–water partition coefficient (Wildman–Crippen LogP) is 0.703. The van der Waals surface area contributed by atoms with E-state index in [0.29, 0.717) is 12.0 Å². The van der Waals surface area contributed by atoms with E-state index >= 15 is 0 Å². The quantitative estimate of drug-likeness (QED) is 0.169. The highest BCUT2D eigenvalue weighted by Crippen LogP contribution is 2.26. The molecule has 0 saturated carbocycles. The van der Waals surface area contributed by atoms with Crippen LogP contribution in [0.15, 0.2) is 24.3 Å². The van der Waals surface area contributed by atoms with Gasteiger partial charge < -0.3 is 15.2 Å². The van der Waals surface area contributed by atoms with Crippen molar-refractivity contribution in [3.05, 3.63) is 29.8 Å². The van der Waals surface area contributed by atoms with Crippen LogP contribution in [0.2, 0.25) is 0 Å². The molecule has 0 fully saturated rings. The Morgan fingerprint density at radius 3 is 2.63 bits per heavy atom. The summed E-state index contributed by atoms with van der Waals surface area (Å²) < 4.78 is 4.98. The van der Waals surface area contributed by atoms with Crippen LogP contribution in [0.3, 0.4) is 0 Å². The average molecular weight is 389 g/mol. The second-order valence-electron chi connectivity index (χ2n) is 5.23. The minimum atomic E-state index is -0.904. The number of rotatable bonds is 12.